The van der Waals surface area contributed by atoms with Crippen LogP contribution in [-0.2, 0) is 11.3 Å². The fourth-order valence-electron chi connectivity index (χ4n) is 2.51. The Balaban J connectivity index is 1.99. The number of allylic oxidation sites excluding steroid dienone is 1. The molecule has 0 saturated carbocycles. The lowest BCUT2D eigenvalue weighted by Gasteiger charge is -2.22. The first-order valence-electron chi connectivity index (χ1n) is 7.02. The Morgan fingerprint density at radius 2 is 1.83 bits per heavy atom. The van der Waals surface area contributed by atoms with Crippen LogP contribution in [-0.4, -0.2) is 20.0 Å². The molecular weight excluding hydrogens is 299 g/mol. The Morgan fingerprint density at radius 1 is 1.09 bits per heavy atom. The number of ether oxygens (including phenoxy) is 3. The van der Waals surface area contributed by atoms with E-state index in [0.717, 1.165) is 0 Å². The lowest BCUT2D eigenvalue weighted by Crippen LogP contribution is -2.17. The van der Waals surface area contributed by atoms with Crippen LogP contribution in [0.3, 0.4) is 0 Å². The van der Waals surface area contributed by atoms with Crippen molar-refractivity contribution in [2.75, 3.05) is 14.2 Å². The highest BCUT2D eigenvalue weighted by Gasteiger charge is 2.28. The van der Waals surface area contributed by atoms with Gasteiger partial charge >= 0.3 is 0 Å². The summed E-state index contributed by atoms with van der Waals surface area (Å²) in [5, 5.41) is 0. The van der Waals surface area contributed by atoms with Crippen LogP contribution in [0.2, 0.25) is 0 Å². The topological polar surface area (TPSA) is 44.8 Å². The smallest absolute Gasteiger partial charge is 0.228 e. The van der Waals surface area contributed by atoms with Gasteiger partial charge in [0.25, 0.3) is 0 Å². The van der Waals surface area contributed by atoms with E-state index in [1.165, 1.54) is 26.4 Å². The van der Waals surface area contributed by atoms with E-state index in [1.54, 1.807) is 30.3 Å². The van der Waals surface area contributed by atoms with Crippen molar-refractivity contribution in [2.24, 2.45) is 0 Å². The van der Waals surface area contributed by atoms with Gasteiger partial charge in [0, 0.05) is 11.1 Å². The first-order chi connectivity index (χ1) is 11.1. The normalized spacial score (nSPS) is 15.1. The third-order valence-electron chi connectivity index (χ3n) is 3.66. The molecule has 0 N–H and O–H groups in total. The number of halogens is 1. The number of carbonyl (C=O) groups is 1. The van der Waals surface area contributed by atoms with Gasteiger partial charge in [0.2, 0.25) is 5.78 Å². The quantitative estimate of drug-likeness (QED) is 0.812. The zero-order chi connectivity index (χ0) is 16.4. The molecule has 2 aromatic carbocycles. The van der Waals surface area contributed by atoms with Gasteiger partial charge in [-0.25, -0.2) is 4.39 Å². The van der Waals surface area contributed by atoms with Gasteiger partial charge in [0.15, 0.2) is 17.3 Å². The first-order valence-corrected chi connectivity index (χ1v) is 7.02. The van der Waals surface area contributed by atoms with Crippen molar-refractivity contribution in [2.45, 2.75) is 6.61 Å². The second-order valence-electron chi connectivity index (χ2n) is 5.01. The third kappa shape index (κ3) is 2.77. The molecule has 1 heterocycles. The highest BCUT2D eigenvalue weighted by molar-refractivity contribution is 6.12. The minimum atomic E-state index is -0.329. The molecular formula is C18H15FO4. The molecule has 0 aliphatic carbocycles. The molecule has 2 aromatic rings. The molecule has 0 saturated heterocycles. The molecule has 4 nitrogen and oxygen atoms in total. The summed E-state index contributed by atoms with van der Waals surface area (Å²) < 4.78 is 29.1. The summed E-state index contributed by atoms with van der Waals surface area (Å²) in [6.45, 7) is 0.203. The van der Waals surface area contributed by atoms with Crippen molar-refractivity contribution in [1.82, 2.24) is 0 Å². The minimum absolute atomic E-state index is 0.203. The highest BCUT2D eigenvalue weighted by atomic mass is 19.1. The first kappa shape index (κ1) is 15.1. The van der Waals surface area contributed by atoms with Crippen LogP contribution in [0.15, 0.2) is 42.2 Å². The third-order valence-corrected chi connectivity index (χ3v) is 3.66. The van der Waals surface area contributed by atoms with Gasteiger partial charge in [-0.05, 0) is 35.9 Å². The summed E-state index contributed by atoms with van der Waals surface area (Å²) in [5.74, 6) is 0.700. The van der Waals surface area contributed by atoms with Crippen molar-refractivity contribution < 1.29 is 23.4 Å². The van der Waals surface area contributed by atoms with Crippen LogP contribution < -0.4 is 9.47 Å². The van der Waals surface area contributed by atoms with Crippen molar-refractivity contribution >= 4 is 11.9 Å². The summed E-state index contributed by atoms with van der Waals surface area (Å²) in [7, 11) is 3.06. The monoisotopic (exact) mass is 314 g/mol. The molecule has 3 rings (SSSR count). The van der Waals surface area contributed by atoms with Crippen LogP contribution in [0.25, 0.3) is 6.08 Å². The molecule has 0 amide bonds. The molecule has 0 fully saturated rings. The number of benzene rings is 2. The van der Waals surface area contributed by atoms with Gasteiger partial charge in [0.05, 0.1) is 14.2 Å². The van der Waals surface area contributed by atoms with Crippen LogP contribution in [0.1, 0.15) is 21.5 Å². The maximum Gasteiger partial charge on any atom is 0.228 e. The number of fused-ring (bicyclic) bond motifs is 1. The largest absolute Gasteiger partial charge is 0.493 e. The fraction of sp³-hybridized carbons (Fsp3) is 0.167. The molecule has 0 aromatic heterocycles. The number of ketones is 1. The van der Waals surface area contributed by atoms with E-state index in [4.69, 9.17) is 14.2 Å². The Hall–Kier alpha value is -2.82. The molecule has 0 atom stereocenters. The van der Waals surface area contributed by atoms with Crippen LogP contribution in [0.5, 0.6) is 11.5 Å². The minimum Gasteiger partial charge on any atom is -0.493 e. The van der Waals surface area contributed by atoms with E-state index < -0.39 is 0 Å². The second-order valence-corrected chi connectivity index (χ2v) is 5.01. The molecule has 0 unspecified atom stereocenters. The Morgan fingerprint density at radius 3 is 2.48 bits per heavy atom. The van der Waals surface area contributed by atoms with E-state index in [1.807, 2.05) is 0 Å². The zero-order valence-electron chi connectivity index (χ0n) is 12.8. The molecule has 0 bridgehead atoms. The van der Waals surface area contributed by atoms with Gasteiger partial charge in [-0.2, -0.15) is 0 Å². The van der Waals surface area contributed by atoms with Gasteiger partial charge in [-0.15, -0.1) is 0 Å². The van der Waals surface area contributed by atoms with Crippen molar-refractivity contribution in [3.8, 4) is 11.5 Å². The number of carbonyl (C=O) groups excluding carboxylic acids is 1. The average Bonchev–Trinajstić information content (AvgIpc) is 2.58. The van der Waals surface area contributed by atoms with E-state index in [9.17, 15) is 9.18 Å². The van der Waals surface area contributed by atoms with Crippen molar-refractivity contribution in [3.05, 3.63) is 64.7 Å². The van der Waals surface area contributed by atoms with E-state index in [-0.39, 0.29) is 24.0 Å². The molecule has 118 valence electrons. The van der Waals surface area contributed by atoms with Gasteiger partial charge < -0.3 is 14.2 Å². The van der Waals surface area contributed by atoms with Gasteiger partial charge in [0.1, 0.15) is 12.4 Å². The summed E-state index contributed by atoms with van der Waals surface area (Å²) in [4.78, 5) is 12.6. The van der Waals surface area contributed by atoms with Crippen LogP contribution in [0, 0.1) is 5.82 Å². The van der Waals surface area contributed by atoms with Crippen molar-refractivity contribution in [3.63, 3.8) is 0 Å². The number of Topliss-reactive ketones (excluding diaryl/α,β-unsaturated/α-hetero) is 1. The molecule has 0 radical (unpaired) electrons. The van der Waals surface area contributed by atoms with Gasteiger partial charge in [-0.3, -0.25) is 4.79 Å². The second kappa shape index (κ2) is 6.12. The predicted molar refractivity (Wildman–Crippen MR) is 83.0 cm³/mol. The summed E-state index contributed by atoms with van der Waals surface area (Å²) in [6, 6.07) is 9.23. The summed E-state index contributed by atoms with van der Waals surface area (Å²) >= 11 is 0. The van der Waals surface area contributed by atoms with Crippen LogP contribution in [0.4, 0.5) is 4.39 Å². The molecule has 0 spiro atoms. The number of hydrogen-bond donors (Lipinski definition) is 0. The Labute approximate surface area is 133 Å². The maximum absolute atomic E-state index is 12.9. The van der Waals surface area contributed by atoms with Crippen molar-refractivity contribution in [1.29, 1.82) is 0 Å². The maximum atomic E-state index is 12.9. The number of methoxy groups -OCH3 is 2. The predicted octanol–water partition coefficient (Wildman–Crippen LogP) is 3.60. The van der Waals surface area contributed by atoms with E-state index >= 15 is 0 Å². The molecule has 23 heavy (non-hydrogen) atoms. The molecule has 1 aliphatic heterocycles. The lowest BCUT2D eigenvalue weighted by molar-refractivity contribution is 0.0866. The van der Waals surface area contributed by atoms with E-state index in [0.29, 0.717) is 28.2 Å². The number of rotatable bonds is 3. The number of hydrogen-bond acceptors (Lipinski definition) is 4. The molecule has 1 aliphatic rings. The Kier molecular flexibility index (Phi) is 4.02. The average molecular weight is 314 g/mol. The summed E-state index contributed by atoms with van der Waals surface area (Å²) in [6.07, 6.45) is 1.60. The van der Waals surface area contributed by atoms with Gasteiger partial charge in [-0.1, -0.05) is 12.1 Å². The SMILES string of the molecule is COc1ccc2c(c1OC)CO/C(=C\c1ccc(F)cc1)C2=O. The zero-order valence-corrected chi connectivity index (χ0v) is 12.8. The highest BCUT2D eigenvalue weighted by Crippen LogP contribution is 2.37. The Bertz CT molecular complexity index is 778. The standard InChI is InChI=1S/C18H15FO4/c1-21-15-8-7-13-14(18(15)22-2)10-23-16(17(13)20)9-11-3-5-12(19)6-4-11/h3-9H,10H2,1-2H3/b16-9-. The lowest BCUT2D eigenvalue weighted by atomic mass is 9.98. The fourth-order valence-corrected chi connectivity index (χ4v) is 2.51. The summed E-state index contributed by atoms with van der Waals surface area (Å²) in [5.41, 5.74) is 1.87. The van der Waals surface area contributed by atoms with Crippen LogP contribution >= 0.6 is 0 Å². The van der Waals surface area contributed by atoms with E-state index in [2.05, 4.69) is 0 Å². The molecule has 5 heteroatoms.